The SMILES string of the molecule is OB(O)Oc1cc(F)cc(OC(F)F)c1. The molecule has 1 aromatic carbocycles. The quantitative estimate of drug-likeness (QED) is 0.738. The van der Waals surface area contributed by atoms with Crippen LogP contribution in [0.3, 0.4) is 0 Å². The predicted octanol–water partition coefficient (Wildman–Crippen LogP) is 0.775. The number of rotatable bonds is 4. The summed E-state index contributed by atoms with van der Waals surface area (Å²) >= 11 is 0. The Hall–Kier alpha value is -1.41. The average molecular weight is 222 g/mol. The highest BCUT2D eigenvalue weighted by Gasteiger charge is 2.14. The van der Waals surface area contributed by atoms with Gasteiger partial charge in [0.25, 0.3) is 0 Å². The van der Waals surface area contributed by atoms with Gasteiger partial charge in [0.1, 0.15) is 17.3 Å². The van der Waals surface area contributed by atoms with E-state index in [1.807, 2.05) is 0 Å². The highest BCUT2D eigenvalue weighted by molar-refractivity contribution is 6.33. The number of alkyl halides is 2. The summed E-state index contributed by atoms with van der Waals surface area (Å²) in [6.45, 7) is -3.10. The van der Waals surface area contributed by atoms with E-state index < -0.39 is 25.5 Å². The van der Waals surface area contributed by atoms with Crippen LogP contribution in [0.1, 0.15) is 0 Å². The molecule has 4 nitrogen and oxygen atoms in total. The molecule has 0 spiro atoms. The first-order chi connectivity index (χ1) is 6.97. The maximum absolute atomic E-state index is 12.8. The Labute approximate surface area is 83.0 Å². The van der Waals surface area contributed by atoms with Gasteiger partial charge in [0.15, 0.2) is 0 Å². The number of ether oxygens (including phenoxy) is 1. The zero-order chi connectivity index (χ0) is 11.4. The summed E-state index contributed by atoms with van der Waals surface area (Å²) in [5.41, 5.74) is 0. The second-order valence-corrected chi connectivity index (χ2v) is 2.45. The molecule has 0 saturated heterocycles. The van der Waals surface area contributed by atoms with Gasteiger partial charge in [-0.3, -0.25) is 0 Å². The molecule has 0 atom stereocenters. The summed E-state index contributed by atoms with van der Waals surface area (Å²) in [5.74, 6) is -1.70. The molecule has 0 heterocycles. The molecule has 0 aliphatic carbocycles. The number of hydrogen-bond acceptors (Lipinski definition) is 4. The van der Waals surface area contributed by atoms with Crippen LogP contribution >= 0.6 is 0 Å². The van der Waals surface area contributed by atoms with Crippen LogP contribution in [0.25, 0.3) is 0 Å². The maximum Gasteiger partial charge on any atom is 0.707 e. The van der Waals surface area contributed by atoms with Crippen molar-refractivity contribution in [2.45, 2.75) is 6.61 Å². The molecule has 0 saturated carbocycles. The maximum atomic E-state index is 12.8. The van der Waals surface area contributed by atoms with Gasteiger partial charge in [0.2, 0.25) is 0 Å². The Morgan fingerprint density at radius 2 is 1.73 bits per heavy atom. The van der Waals surface area contributed by atoms with Crippen molar-refractivity contribution in [1.82, 2.24) is 0 Å². The van der Waals surface area contributed by atoms with Crippen LogP contribution in [-0.4, -0.2) is 24.0 Å². The smallest absolute Gasteiger partial charge is 0.512 e. The molecule has 8 heteroatoms. The van der Waals surface area contributed by atoms with Crippen molar-refractivity contribution in [3.05, 3.63) is 24.0 Å². The van der Waals surface area contributed by atoms with Crippen LogP contribution in [0.4, 0.5) is 13.2 Å². The van der Waals surface area contributed by atoms with E-state index in [1.54, 1.807) is 0 Å². The molecule has 0 unspecified atom stereocenters. The lowest BCUT2D eigenvalue weighted by Crippen LogP contribution is -2.20. The minimum Gasteiger partial charge on any atom is -0.512 e. The molecule has 1 aromatic rings. The van der Waals surface area contributed by atoms with E-state index in [4.69, 9.17) is 10.0 Å². The van der Waals surface area contributed by atoms with E-state index >= 15 is 0 Å². The Morgan fingerprint density at radius 1 is 1.13 bits per heavy atom. The Morgan fingerprint density at radius 3 is 2.27 bits per heavy atom. The monoisotopic (exact) mass is 222 g/mol. The molecule has 0 radical (unpaired) electrons. The van der Waals surface area contributed by atoms with Crippen molar-refractivity contribution in [2.75, 3.05) is 0 Å². The van der Waals surface area contributed by atoms with Crippen molar-refractivity contribution in [1.29, 1.82) is 0 Å². The summed E-state index contributed by atoms with van der Waals surface area (Å²) in [7, 11) is -2.16. The van der Waals surface area contributed by atoms with Gasteiger partial charge in [-0.05, 0) is 0 Å². The summed E-state index contributed by atoms with van der Waals surface area (Å²) in [6.07, 6.45) is 0. The molecule has 82 valence electrons. The molecule has 0 aromatic heterocycles. The predicted molar refractivity (Wildman–Crippen MR) is 43.9 cm³/mol. The van der Waals surface area contributed by atoms with Crippen LogP contribution in [0, 0.1) is 5.82 Å². The van der Waals surface area contributed by atoms with E-state index in [0.29, 0.717) is 6.07 Å². The summed E-state index contributed by atoms with van der Waals surface area (Å²) in [6, 6.07) is 2.40. The fraction of sp³-hybridized carbons (Fsp3) is 0.143. The van der Waals surface area contributed by atoms with E-state index in [-0.39, 0.29) is 5.75 Å². The minimum atomic E-state index is -3.10. The van der Waals surface area contributed by atoms with Gasteiger partial charge >= 0.3 is 13.9 Å². The van der Waals surface area contributed by atoms with Gasteiger partial charge < -0.3 is 19.4 Å². The molecule has 15 heavy (non-hydrogen) atoms. The van der Waals surface area contributed by atoms with Gasteiger partial charge in [-0.15, -0.1) is 0 Å². The summed E-state index contributed by atoms with van der Waals surface area (Å²) < 4.78 is 44.4. The fourth-order valence-corrected chi connectivity index (χ4v) is 0.898. The third-order valence-electron chi connectivity index (χ3n) is 1.31. The fourth-order valence-electron chi connectivity index (χ4n) is 0.898. The third-order valence-corrected chi connectivity index (χ3v) is 1.31. The highest BCUT2D eigenvalue weighted by atomic mass is 19.3. The molecular formula is C7H6BF3O4. The molecule has 0 bridgehead atoms. The zero-order valence-corrected chi connectivity index (χ0v) is 7.23. The van der Waals surface area contributed by atoms with Crippen LogP contribution < -0.4 is 9.39 Å². The Bertz CT molecular complexity index is 306. The summed E-state index contributed by atoms with van der Waals surface area (Å²) in [5, 5.41) is 16.8. The van der Waals surface area contributed by atoms with Gasteiger partial charge in [0, 0.05) is 18.2 Å². The first-order valence-electron chi connectivity index (χ1n) is 3.75. The van der Waals surface area contributed by atoms with E-state index in [0.717, 1.165) is 12.1 Å². The van der Waals surface area contributed by atoms with Gasteiger partial charge in [0.05, 0.1) is 0 Å². The second kappa shape index (κ2) is 4.90. The van der Waals surface area contributed by atoms with Gasteiger partial charge in [-0.1, -0.05) is 0 Å². The molecule has 0 fully saturated rings. The van der Waals surface area contributed by atoms with Crippen LogP contribution in [-0.2, 0) is 0 Å². The molecule has 0 amide bonds. The van der Waals surface area contributed by atoms with Gasteiger partial charge in [-0.25, -0.2) is 4.39 Å². The van der Waals surface area contributed by atoms with E-state index in [2.05, 4.69) is 9.39 Å². The highest BCUT2D eigenvalue weighted by Crippen LogP contribution is 2.23. The van der Waals surface area contributed by atoms with Crippen molar-refractivity contribution < 1.29 is 32.6 Å². The molecule has 0 aliphatic rings. The first kappa shape index (κ1) is 11.7. The number of hydrogen-bond donors (Lipinski definition) is 2. The molecule has 0 aliphatic heterocycles. The van der Waals surface area contributed by atoms with Crippen molar-refractivity contribution in [3.8, 4) is 11.5 Å². The lowest BCUT2D eigenvalue weighted by Gasteiger charge is -2.08. The topological polar surface area (TPSA) is 58.9 Å². The van der Waals surface area contributed by atoms with Crippen molar-refractivity contribution >= 4 is 7.32 Å². The van der Waals surface area contributed by atoms with Gasteiger partial charge in [-0.2, -0.15) is 8.78 Å². The normalized spacial score (nSPS) is 10.3. The van der Waals surface area contributed by atoms with E-state index in [1.165, 1.54) is 0 Å². The Balaban J connectivity index is 2.84. The third kappa shape index (κ3) is 4.09. The second-order valence-electron chi connectivity index (χ2n) is 2.45. The lowest BCUT2D eigenvalue weighted by molar-refractivity contribution is -0.0500. The van der Waals surface area contributed by atoms with Crippen LogP contribution in [0.5, 0.6) is 11.5 Å². The number of benzene rings is 1. The summed E-state index contributed by atoms with van der Waals surface area (Å²) in [4.78, 5) is 0. The minimum absolute atomic E-state index is 0.333. The molecular weight excluding hydrogens is 216 g/mol. The van der Waals surface area contributed by atoms with Crippen molar-refractivity contribution in [3.63, 3.8) is 0 Å². The first-order valence-corrected chi connectivity index (χ1v) is 3.75. The average Bonchev–Trinajstić information content (AvgIpc) is 1.98. The van der Waals surface area contributed by atoms with Crippen LogP contribution in [0.2, 0.25) is 0 Å². The van der Waals surface area contributed by atoms with Crippen molar-refractivity contribution in [2.24, 2.45) is 0 Å². The number of halogens is 3. The van der Waals surface area contributed by atoms with E-state index in [9.17, 15) is 13.2 Å². The standard InChI is InChI=1S/C7H6BF3O4/c9-4-1-5(14-7(10)11)3-6(2-4)15-8(12)13/h1-3,7,12-13H. The van der Waals surface area contributed by atoms with Crippen LogP contribution in [0.15, 0.2) is 18.2 Å². The molecule has 2 N–H and O–H groups in total. The zero-order valence-electron chi connectivity index (χ0n) is 7.23. The molecule has 1 rings (SSSR count). The largest absolute Gasteiger partial charge is 0.707 e. The Kier molecular flexibility index (Phi) is 3.81. The lowest BCUT2D eigenvalue weighted by atomic mass is 10.2.